The summed E-state index contributed by atoms with van der Waals surface area (Å²) in [5.74, 6) is 0.612. The minimum absolute atomic E-state index is 0.112. The maximum Gasteiger partial charge on any atom is 0.417 e. The van der Waals surface area contributed by atoms with Crippen LogP contribution in [-0.4, -0.2) is 40.4 Å². The van der Waals surface area contributed by atoms with Crippen molar-refractivity contribution in [3.63, 3.8) is 0 Å². The number of halogens is 3. The Morgan fingerprint density at radius 1 is 0.949 bits per heavy atom. The Kier molecular flexibility index (Phi) is 6.46. The molecule has 0 N–H and O–H groups in total. The number of sulfonamides is 1. The molecule has 0 atom stereocenters. The SMILES string of the molecule is Cc1onc(N(C)S(=O)(=O)c2c(-c3ccc(-c4ncccn4)cc3-n3cccn3)cccc2C(F)(F)F)c1C. The molecule has 5 aromatic rings. The summed E-state index contributed by atoms with van der Waals surface area (Å²) in [6, 6.07) is 11.3. The fourth-order valence-electron chi connectivity index (χ4n) is 4.15. The average molecular weight is 555 g/mol. The molecule has 9 nitrogen and oxygen atoms in total. The van der Waals surface area contributed by atoms with Gasteiger partial charge in [0.15, 0.2) is 11.6 Å². The lowest BCUT2D eigenvalue weighted by atomic mass is 9.99. The number of aryl methyl sites for hydroxylation is 1. The molecule has 0 aliphatic rings. The summed E-state index contributed by atoms with van der Waals surface area (Å²) < 4.78 is 78.1. The lowest BCUT2D eigenvalue weighted by molar-refractivity contribution is -0.139. The Hall–Kier alpha value is -4.52. The molecule has 0 spiro atoms. The second-order valence-corrected chi connectivity index (χ2v) is 10.5. The molecule has 200 valence electrons. The van der Waals surface area contributed by atoms with Crippen LogP contribution in [0.5, 0.6) is 0 Å². The molecule has 0 aliphatic heterocycles. The molecule has 3 aromatic heterocycles. The van der Waals surface area contributed by atoms with Crippen molar-refractivity contribution in [2.45, 2.75) is 24.9 Å². The molecule has 2 aromatic carbocycles. The van der Waals surface area contributed by atoms with E-state index in [1.807, 2.05) is 0 Å². The highest BCUT2D eigenvalue weighted by molar-refractivity contribution is 7.93. The number of aromatic nitrogens is 5. The molecular formula is C26H21F3N6O3S. The van der Waals surface area contributed by atoms with E-state index in [1.54, 1.807) is 56.7 Å². The molecule has 0 unspecified atom stereocenters. The van der Waals surface area contributed by atoms with Crippen molar-refractivity contribution < 1.29 is 26.1 Å². The van der Waals surface area contributed by atoms with Gasteiger partial charge in [-0.3, -0.25) is 0 Å². The summed E-state index contributed by atoms with van der Waals surface area (Å²) in [7, 11) is -3.67. The van der Waals surface area contributed by atoms with Crippen molar-refractivity contribution in [3.8, 4) is 28.2 Å². The van der Waals surface area contributed by atoms with Crippen molar-refractivity contribution in [3.05, 3.63) is 90.2 Å². The minimum Gasteiger partial charge on any atom is -0.359 e. The van der Waals surface area contributed by atoms with E-state index < -0.39 is 26.7 Å². The molecule has 39 heavy (non-hydrogen) atoms. The lowest BCUT2D eigenvalue weighted by Crippen LogP contribution is -2.30. The van der Waals surface area contributed by atoms with Crippen LogP contribution in [0, 0.1) is 13.8 Å². The van der Waals surface area contributed by atoms with Crippen molar-refractivity contribution >= 4 is 15.8 Å². The number of hydrogen-bond acceptors (Lipinski definition) is 7. The van der Waals surface area contributed by atoms with Crippen molar-refractivity contribution in [2.75, 3.05) is 11.4 Å². The summed E-state index contributed by atoms with van der Waals surface area (Å²) in [4.78, 5) is 7.55. The van der Waals surface area contributed by atoms with Gasteiger partial charge in [-0.1, -0.05) is 29.4 Å². The Bertz CT molecular complexity index is 1750. The van der Waals surface area contributed by atoms with Crippen molar-refractivity contribution in [1.82, 2.24) is 24.9 Å². The normalized spacial score (nSPS) is 12.1. The molecule has 0 amide bonds. The lowest BCUT2D eigenvalue weighted by Gasteiger charge is -2.24. The Morgan fingerprint density at radius 3 is 2.31 bits per heavy atom. The highest BCUT2D eigenvalue weighted by Gasteiger charge is 2.41. The molecule has 3 heterocycles. The third-order valence-electron chi connectivity index (χ3n) is 6.23. The van der Waals surface area contributed by atoms with E-state index in [1.165, 1.54) is 29.1 Å². The van der Waals surface area contributed by atoms with Crippen LogP contribution >= 0.6 is 0 Å². The summed E-state index contributed by atoms with van der Waals surface area (Å²) in [5.41, 5.74) is -0.00265. The molecule has 13 heteroatoms. The molecule has 5 rings (SSSR count). The van der Waals surface area contributed by atoms with Gasteiger partial charge < -0.3 is 4.52 Å². The second-order valence-electron chi connectivity index (χ2n) is 8.59. The number of rotatable bonds is 6. The first-order valence-electron chi connectivity index (χ1n) is 11.5. The number of anilines is 1. The maximum atomic E-state index is 14.3. The summed E-state index contributed by atoms with van der Waals surface area (Å²) in [6.45, 7) is 3.15. The van der Waals surface area contributed by atoms with Crippen LogP contribution in [-0.2, 0) is 16.2 Å². The summed E-state index contributed by atoms with van der Waals surface area (Å²) in [5, 5.41) is 8.01. The average Bonchev–Trinajstić information content (AvgIpc) is 3.58. The Balaban J connectivity index is 1.80. The largest absolute Gasteiger partial charge is 0.417 e. The highest BCUT2D eigenvalue weighted by Crippen LogP contribution is 2.43. The van der Waals surface area contributed by atoms with Gasteiger partial charge in [-0.15, -0.1) is 0 Å². The van der Waals surface area contributed by atoms with Gasteiger partial charge in [-0.05, 0) is 38.1 Å². The van der Waals surface area contributed by atoms with Gasteiger partial charge >= 0.3 is 6.18 Å². The Morgan fingerprint density at radius 2 is 1.69 bits per heavy atom. The summed E-state index contributed by atoms with van der Waals surface area (Å²) >= 11 is 0. The number of hydrogen-bond donors (Lipinski definition) is 0. The van der Waals surface area contributed by atoms with Crippen molar-refractivity contribution in [2.24, 2.45) is 0 Å². The van der Waals surface area contributed by atoms with Crippen LogP contribution in [0.4, 0.5) is 19.0 Å². The predicted octanol–water partition coefficient (Wildman–Crippen LogP) is 5.45. The quantitative estimate of drug-likeness (QED) is 0.275. The van der Waals surface area contributed by atoms with E-state index in [9.17, 15) is 21.6 Å². The van der Waals surface area contributed by atoms with Gasteiger partial charge in [0.2, 0.25) is 0 Å². The van der Waals surface area contributed by atoms with Crippen LogP contribution in [0.15, 0.2) is 82.7 Å². The van der Waals surface area contributed by atoms with Gasteiger partial charge in [-0.25, -0.2) is 27.4 Å². The van der Waals surface area contributed by atoms with Crippen molar-refractivity contribution in [1.29, 1.82) is 0 Å². The van der Waals surface area contributed by atoms with Crippen LogP contribution < -0.4 is 4.31 Å². The van der Waals surface area contributed by atoms with Gasteiger partial charge in [-0.2, -0.15) is 18.3 Å². The minimum atomic E-state index is -4.97. The summed E-state index contributed by atoms with van der Waals surface area (Å²) in [6.07, 6.45) is 1.25. The predicted molar refractivity (Wildman–Crippen MR) is 137 cm³/mol. The first kappa shape index (κ1) is 26.1. The zero-order chi connectivity index (χ0) is 27.9. The molecular weight excluding hydrogens is 533 g/mol. The van der Waals surface area contributed by atoms with Crippen LogP contribution in [0.2, 0.25) is 0 Å². The maximum absolute atomic E-state index is 14.3. The monoisotopic (exact) mass is 554 g/mol. The molecule has 0 fully saturated rings. The number of benzene rings is 2. The topological polar surface area (TPSA) is 107 Å². The van der Waals surface area contributed by atoms with Crippen LogP contribution in [0.1, 0.15) is 16.9 Å². The van der Waals surface area contributed by atoms with E-state index in [4.69, 9.17) is 4.52 Å². The second kappa shape index (κ2) is 9.66. The van der Waals surface area contributed by atoms with Gasteiger partial charge in [0.05, 0.1) is 11.3 Å². The highest BCUT2D eigenvalue weighted by atomic mass is 32.2. The molecule has 0 saturated heterocycles. The van der Waals surface area contributed by atoms with Crippen LogP contribution in [0.25, 0.3) is 28.2 Å². The van der Waals surface area contributed by atoms with Gasteiger partial charge in [0, 0.05) is 54.1 Å². The third kappa shape index (κ3) is 4.65. The zero-order valence-corrected chi connectivity index (χ0v) is 21.7. The fourth-order valence-corrected chi connectivity index (χ4v) is 5.74. The van der Waals surface area contributed by atoms with Crippen LogP contribution in [0.3, 0.4) is 0 Å². The first-order valence-corrected chi connectivity index (χ1v) is 13.0. The van der Waals surface area contributed by atoms with E-state index in [-0.39, 0.29) is 16.9 Å². The molecule has 0 bridgehead atoms. The van der Waals surface area contributed by atoms with E-state index in [2.05, 4.69) is 20.2 Å². The number of nitrogens with zero attached hydrogens (tertiary/aromatic N) is 6. The van der Waals surface area contributed by atoms with E-state index in [0.29, 0.717) is 32.7 Å². The fraction of sp³-hybridized carbons (Fsp3) is 0.154. The Labute approximate surface area is 221 Å². The molecule has 0 radical (unpaired) electrons. The molecule has 0 aliphatic carbocycles. The number of alkyl halides is 3. The third-order valence-corrected chi connectivity index (χ3v) is 8.08. The van der Waals surface area contributed by atoms with E-state index in [0.717, 1.165) is 13.1 Å². The van der Waals surface area contributed by atoms with Gasteiger partial charge in [0.1, 0.15) is 10.7 Å². The smallest absolute Gasteiger partial charge is 0.359 e. The van der Waals surface area contributed by atoms with E-state index >= 15 is 0 Å². The first-order chi connectivity index (χ1) is 18.5. The standard InChI is InChI=1S/C26H21F3N6O3S/c1-16-17(2)38-33-25(16)34(3)39(36,37)23-20(7-4-8-21(23)26(27,28)29)19-10-9-18(24-30-11-5-12-31-24)15-22(19)35-14-6-13-32-35/h4-15H,1-3H3. The van der Waals surface area contributed by atoms with Gasteiger partial charge in [0.25, 0.3) is 10.0 Å². The molecule has 0 saturated carbocycles. The zero-order valence-electron chi connectivity index (χ0n) is 20.9.